The second kappa shape index (κ2) is 6.26. The quantitative estimate of drug-likeness (QED) is 0.885. The van der Waals surface area contributed by atoms with E-state index < -0.39 is 5.97 Å². The summed E-state index contributed by atoms with van der Waals surface area (Å²) in [5.41, 5.74) is 3.05. The van der Waals surface area contributed by atoms with Gasteiger partial charge in [0.1, 0.15) is 12.2 Å². The molecule has 2 aromatic rings. The van der Waals surface area contributed by atoms with Gasteiger partial charge in [0.25, 0.3) is 5.91 Å². The first-order valence-corrected chi connectivity index (χ1v) is 6.60. The molecule has 0 saturated carbocycles. The summed E-state index contributed by atoms with van der Waals surface area (Å²) in [6.45, 7) is 4.09. The Morgan fingerprint density at radius 1 is 1.29 bits per heavy atom. The smallest absolute Gasteiger partial charge is 0.311 e. The highest BCUT2D eigenvalue weighted by Crippen LogP contribution is 2.17. The minimum atomic E-state index is -1.03. The monoisotopic (exact) mass is 287 g/mol. The van der Waals surface area contributed by atoms with E-state index in [-0.39, 0.29) is 18.1 Å². The molecular weight excluding hydrogens is 270 g/mol. The van der Waals surface area contributed by atoms with Gasteiger partial charge in [-0.3, -0.25) is 9.59 Å². The summed E-state index contributed by atoms with van der Waals surface area (Å²) in [6.07, 6.45) is 1.10. The second-order valence-corrected chi connectivity index (χ2v) is 4.96. The van der Waals surface area contributed by atoms with Crippen molar-refractivity contribution in [2.75, 3.05) is 0 Å². The molecule has 0 radical (unpaired) electrons. The lowest BCUT2D eigenvalue weighted by atomic mass is 10.1. The van der Waals surface area contributed by atoms with Gasteiger partial charge in [-0.2, -0.15) is 0 Å². The molecule has 5 heteroatoms. The Hall–Kier alpha value is -2.56. The van der Waals surface area contributed by atoms with Gasteiger partial charge in [0.05, 0.1) is 11.8 Å². The molecule has 0 spiro atoms. The molecule has 1 heterocycles. The van der Waals surface area contributed by atoms with Crippen LogP contribution in [-0.4, -0.2) is 17.0 Å². The molecule has 2 rings (SSSR count). The highest BCUT2D eigenvalue weighted by molar-refractivity contribution is 5.97. The van der Waals surface area contributed by atoms with Crippen molar-refractivity contribution in [3.63, 3.8) is 0 Å². The van der Waals surface area contributed by atoms with Crippen LogP contribution in [0.1, 0.15) is 32.8 Å². The number of hydrogen-bond donors (Lipinski definition) is 2. The summed E-state index contributed by atoms with van der Waals surface area (Å²) in [5, 5.41) is 11.6. The number of hydrogen-bond acceptors (Lipinski definition) is 3. The maximum atomic E-state index is 12.2. The SMILES string of the molecule is Cc1cccc(CNC(=O)c2c(C)coc2CC(=O)O)c1. The predicted octanol–water partition coefficient (Wildman–Crippen LogP) is 2.45. The third-order valence-electron chi connectivity index (χ3n) is 3.13. The Morgan fingerprint density at radius 3 is 2.71 bits per heavy atom. The summed E-state index contributed by atoms with van der Waals surface area (Å²) >= 11 is 0. The standard InChI is InChI=1S/C16H17NO4/c1-10-4-3-5-12(6-10)8-17-16(20)15-11(2)9-21-13(15)7-14(18)19/h3-6,9H,7-8H2,1-2H3,(H,17,20)(H,18,19). The fourth-order valence-corrected chi connectivity index (χ4v) is 2.16. The van der Waals surface area contributed by atoms with E-state index in [0.717, 1.165) is 11.1 Å². The first kappa shape index (κ1) is 14.8. The molecule has 0 atom stereocenters. The Labute approximate surface area is 122 Å². The maximum Gasteiger partial charge on any atom is 0.311 e. The molecule has 1 amide bonds. The number of nitrogens with one attached hydrogen (secondary N) is 1. The van der Waals surface area contributed by atoms with Crippen molar-refractivity contribution in [2.24, 2.45) is 0 Å². The van der Waals surface area contributed by atoms with Crippen LogP contribution in [0.2, 0.25) is 0 Å². The highest BCUT2D eigenvalue weighted by atomic mass is 16.4. The Bertz CT molecular complexity index is 673. The van der Waals surface area contributed by atoms with Crippen molar-refractivity contribution in [3.05, 3.63) is 58.5 Å². The zero-order valence-electron chi connectivity index (χ0n) is 12.0. The number of amides is 1. The van der Waals surface area contributed by atoms with Crippen molar-refractivity contribution in [1.29, 1.82) is 0 Å². The van der Waals surface area contributed by atoms with E-state index in [1.54, 1.807) is 6.92 Å². The van der Waals surface area contributed by atoms with Crippen molar-refractivity contribution in [3.8, 4) is 0 Å². The van der Waals surface area contributed by atoms with Gasteiger partial charge in [-0.05, 0) is 19.4 Å². The number of carbonyl (C=O) groups excluding carboxylic acids is 1. The molecule has 0 fully saturated rings. The lowest BCUT2D eigenvalue weighted by molar-refractivity contribution is -0.136. The third kappa shape index (κ3) is 3.72. The second-order valence-electron chi connectivity index (χ2n) is 4.96. The van der Waals surface area contributed by atoms with Crippen LogP contribution in [0.3, 0.4) is 0 Å². The first-order chi connectivity index (χ1) is 9.97. The van der Waals surface area contributed by atoms with Gasteiger partial charge < -0.3 is 14.8 Å². The van der Waals surface area contributed by atoms with Crippen LogP contribution >= 0.6 is 0 Å². The van der Waals surface area contributed by atoms with Crippen LogP contribution in [0.5, 0.6) is 0 Å². The van der Waals surface area contributed by atoms with Gasteiger partial charge in [0, 0.05) is 12.1 Å². The average molecular weight is 287 g/mol. The minimum Gasteiger partial charge on any atom is -0.481 e. The Kier molecular flexibility index (Phi) is 4.42. The number of rotatable bonds is 5. The van der Waals surface area contributed by atoms with Crippen LogP contribution in [-0.2, 0) is 17.8 Å². The minimum absolute atomic E-state index is 0.182. The van der Waals surface area contributed by atoms with E-state index in [1.165, 1.54) is 6.26 Å². The van der Waals surface area contributed by atoms with Gasteiger partial charge in [0.15, 0.2) is 0 Å². The van der Waals surface area contributed by atoms with E-state index in [1.807, 2.05) is 31.2 Å². The van der Waals surface area contributed by atoms with Crippen LogP contribution in [0.4, 0.5) is 0 Å². The number of benzene rings is 1. The number of aliphatic carboxylic acids is 1. The summed E-state index contributed by atoms with van der Waals surface area (Å²) in [5.74, 6) is -1.17. The maximum absolute atomic E-state index is 12.2. The summed E-state index contributed by atoms with van der Waals surface area (Å²) in [4.78, 5) is 23.0. The van der Waals surface area contributed by atoms with Crippen molar-refractivity contribution in [2.45, 2.75) is 26.8 Å². The molecule has 0 unspecified atom stereocenters. The van der Waals surface area contributed by atoms with E-state index in [4.69, 9.17) is 9.52 Å². The van der Waals surface area contributed by atoms with Gasteiger partial charge in [-0.15, -0.1) is 0 Å². The van der Waals surface area contributed by atoms with Gasteiger partial charge in [-0.1, -0.05) is 29.8 Å². The van der Waals surface area contributed by atoms with Crippen LogP contribution in [0.25, 0.3) is 0 Å². The Balaban J connectivity index is 2.10. The molecule has 21 heavy (non-hydrogen) atoms. The highest BCUT2D eigenvalue weighted by Gasteiger charge is 2.20. The summed E-state index contributed by atoms with van der Waals surface area (Å²) in [7, 11) is 0. The predicted molar refractivity (Wildman–Crippen MR) is 77.1 cm³/mol. The average Bonchev–Trinajstić information content (AvgIpc) is 2.76. The third-order valence-corrected chi connectivity index (χ3v) is 3.13. The van der Waals surface area contributed by atoms with Gasteiger partial charge in [0.2, 0.25) is 0 Å². The fraction of sp³-hybridized carbons (Fsp3) is 0.250. The van der Waals surface area contributed by atoms with Gasteiger partial charge in [-0.25, -0.2) is 0 Å². The normalized spacial score (nSPS) is 10.4. The number of carboxylic acids is 1. The van der Waals surface area contributed by atoms with Gasteiger partial charge >= 0.3 is 5.97 Å². The Morgan fingerprint density at radius 2 is 2.05 bits per heavy atom. The molecule has 110 valence electrons. The molecule has 0 aliphatic rings. The number of aryl methyl sites for hydroxylation is 2. The molecule has 0 aliphatic heterocycles. The largest absolute Gasteiger partial charge is 0.481 e. The lowest BCUT2D eigenvalue weighted by Crippen LogP contribution is -2.24. The number of carboxylic acid groups (broad SMARTS) is 1. The molecule has 1 aromatic carbocycles. The summed E-state index contributed by atoms with van der Waals surface area (Å²) < 4.78 is 5.16. The number of carbonyl (C=O) groups is 2. The molecule has 0 saturated heterocycles. The van der Waals surface area contributed by atoms with Crippen LogP contribution in [0.15, 0.2) is 34.9 Å². The fourth-order valence-electron chi connectivity index (χ4n) is 2.16. The van der Waals surface area contributed by atoms with Crippen LogP contribution < -0.4 is 5.32 Å². The van der Waals surface area contributed by atoms with E-state index in [9.17, 15) is 9.59 Å². The molecule has 0 aliphatic carbocycles. The van der Waals surface area contributed by atoms with Crippen molar-refractivity contribution >= 4 is 11.9 Å². The molecule has 0 bridgehead atoms. The molecule has 1 aromatic heterocycles. The number of furan rings is 1. The topological polar surface area (TPSA) is 79.5 Å². The zero-order chi connectivity index (χ0) is 15.4. The lowest BCUT2D eigenvalue weighted by Gasteiger charge is -2.07. The molecule has 2 N–H and O–H groups in total. The van der Waals surface area contributed by atoms with Crippen LogP contribution in [0, 0.1) is 13.8 Å². The van der Waals surface area contributed by atoms with E-state index in [0.29, 0.717) is 17.7 Å². The van der Waals surface area contributed by atoms with E-state index in [2.05, 4.69) is 5.32 Å². The van der Waals surface area contributed by atoms with Crippen molar-refractivity contribution in [1.82, 2.24) is 5.32 Å². The molecule has 5 nitrogen and oxygen atoms in total. The zero-order valence-corrected chi connectivity index (χ0v) is 12.0. The summed E-state index contributed by atoms with van der Waals surface area (Å²) in [6, 6.07) is 7.82. The van der Waals surface area contributed by atoms with E-state index >= 15 is 0 Å². The molecular formula is C16H17NO4. The first-order valence-electron chi connectivity index (χ1n) is 6.60. The van der Waals surface area contributed by atoms with Crippen molar-refractivity contribution < 1.29 is 19.1 Å².